The molecule has 2 aliphatic carbocycles. The van der Waals surface area contributed by atoms with Crippen molar-refractivity contribution in [1.82, 2.24) is 0 Å². The largest absolute Gasteiger partial charge is 0.396 e. The summed E-state index contributed by atoms with van der Waals surface area (Å²) in [5.41, 5.74) is -0.575. The summed E-state index contributed by atoms with van der Waals surface area (Å²) in [5, 5.41) is 40.9. The van der Waals surface area contributed by atoms with Crippen LogP contribution in [0.3, 0.4) is 0 Å². The maximum atomic E-state index is 11.2. The lowest BCUT2D eigenvalue weighted by molar-refractivity contribution is 0.00909. The van der Waals surface area contributed by atoms with E-state index in [0.29, 0.717) is 18.8 Å². The summed E-state index contributed by atoms with van der Waals surface area (Å²) in [7, 11) is 0. The van der Waals surface area contributed by atoms with Crippen molar-refractivity contribution in [2.75, 3.05) is 6.61 Å². The Balaban J connectivity index is 1.81. The highest BCUT2D eigenvalue weighted by Crippen LogP contribution is 2.45. The summed E-state index contributed by atoms with van der Waals surface area (Å²) >= 11 is 0. The Morgan fingerprint density at radius 1 is 0.897 bits per heavy atom. The number of hydrogen-bond acceptors (Lipinski definition) is 4. The molecule has 4 heteroatoms. The van der Waals surface area contributed by atoms with Crippen molar-refractivity contribution in [3.63, 3.8) is 0 Å². The van der Waals surface area contributed by atoms with E-state index in [1.165, 1.54) is 19.3 Å². The number of aliphatic hydroxyl groups is 4. The van der Waals surface area contributed by atoms with Crippen molar-refractivity contribution >= 4 is 0 Å². The monoisotopic (exact) mass is 410 g/mol. The van der Waals surface area contributed by atoms with Crippen LogP contribution >= 0.6 is 0 Å². The fraction of sp³-hybridized carbons (Fsp3) is 0.920. The van der Waals surface area contributed by atoms with Gasteiger partial charge in [0.1, 0.15) is 0 Å². The highest BCUT2D eigenvalue weighted by atomic mass is 16.3. The fourth-order valence-electron chi connectivity index (χ4n) is 5.18. The predicted molar refractivity (Wildman–Crippen MR) is 119 cm³/mol. The minimum absolute atomic E-state index is 0.00554. The molecule has 0 aromatic carbocycles. The molecule has 29 heavy (non-hydrogen) atoms. The summed E-state index contributed by atoms with van der Waals surface area (Å²) < 4.78 is 0. The van der Waals surface area contributed by atoms with Crippen LogP contribution in [-0.2, 0) is 0 Å². The molecule has 0 aliphatic heterocycles. The fourth-order valence-corrected chi connectivity index (χ4v) is 5.18. The van der Waals surface area contributed by atoms with E-state index in [0.717, 1.165) is 64.2 Å². The van der Waals surface area contributed by atoms with Crippen molar-refractivity contribution < 1.29 is 20.4 Å². The summed E-state index contributed by atoms with van der Waals surface area (Å²) in [6.07, 6.45) is 18.5. The van der Waals surface area contributed by atoms with Crippen LogP contribution in [0.15, 0.2) is 12.2 Å². The first-order valence-corrected chi connectivity index (χ1v) is 12.4. The summed E-state index contributed by atoms with van der Waals surface area (Å²) in [6, 6.07) is 0. The quantitative estimate of drug-likeness (QED) is 0.219. The predicted octanol–water partition coefficient (Wildman–Crippen LogP) is 4.74. The minimum Gasteiger partial charge on any atom is -0.396 e. The second-order valence-electron chi connectivity index (χ2n) is 9.71. The zero-order valence-corrected chi connectivity index (χ0v) is 18.6. The van der Waals surface area contributed by atoms with Gasteiger partial charge >= 0.3 is 0 Å². The third-order valence-electron chi connectivity index (χ3n) is 7.24. The Morgan fingerprint density at radius 2 is 1.59 bits per heavy atom. The zero-order valence-electron chi connectivity index (χ0n) is 18.6. The summed E-state index contributed by atoms with van der Waals surface area (Å²) in [5.74, 6) is 0.575. The molecule has 0 amide bonds. The second-order valence-corrected chi connectivity index (χ2v) is 9.71. The van der Waals surface area contributed by atoms with E-state index >= 15 is 0 Å². The molecule has 2 rings (SSSR count). The molecule has 0 saturated heterocycles. The van der Waals surface area contributed by atoms with Crippen molar-refractivity contribution in [3.8, 4) is 0 Å². The van der Waals surface area contributed by atoms with Crippen molar-refractivity contribution in [2.24, 2.45) is 17.8 Å². The van der Waals surface area contributed by atoms with E-state index in [9.17, 15) is 15.3 Å². The average molecular weight is 411 g/mol. The van der Waals surface area contributed by atoms with Crippen LogP contribution in [0.1, 0.15) is 103 Å². The van der Waals surface area contributed by atoms with Crippen LogP contribution in [0.2, 0.25) is 0 Å². The third kappa shape index (κ3) is 8.32. The first kappa shape index (κ1) is 24.8. The lowest BCUT2D eigenvalue weighted by atomic mass is 9.85. The van der Waals surface area contributed by atoms with Crippen LogP contribution in [0.5, 0.6) is 0 Å². The second kappa shape index (κ2) is 13.1. The smallest absolute Gasteiger partial charge is 0.0710 e. The summed E-state index contributed by atoms with van der Waals surface area (Å²) in [6.45, 7) is 2.48. The van der Waals surface area contributed by atoms with Crippen LogP contribution < -0.4 is 0 Å². The van der Waals surface area contributed by atoms with Crippen LogP contribution in [0.25, 0.3) is 0 Å². The Morgan fingerprint density at radius 3 is 2.28 bits per heavy atom. The highest BCUT2D eigenvalue weighted by Gasteiger charge is 2.43. The number of unbranched alkanes of at least 4 members (excludes halogenated alkanes) is 7. The molecule has 2 saturated carbocycles. The van der Waals surface area contributed by atoms with E-state index in [-0.39, 0.29) is 18.4 Å². The average Bonchev–Trinajstić information content (AvgIpc) is 3.51. The van der Waals surface area contributed by atoms with Gasteiger partial charge in [0.05, 0.1) is 17.8 Å². The molecule has 0 heterocycles. The van der Waals surface area contributed by atoms with Gasteiger partial charge < -0.3 is 20.4 Å². The normalized spacial score (nSPS) is 29.6. The Labute approximate surface area is 178 Å². The molecule has 0 bridgehead atoms. The number of aliphatic hydroxyl groups excluding tert-OH is 3. The van der Waals surface area contributed by atoms with Gasteiger partial charge in [-0.3, -0.25) is 0 Å². The maximum Gasteiger partial charge on any atom is 0.0710 e. The molecule has 2 fully saturated rings. The van der Waals surface area contributed by atoms with Gasteiger partial charge in [0, 0.05) is 18.9 Å². The maximum absolute atomic E-state index is 11.2. The van der Waals surface area contributed by atoms with E-state index in [2.05, 4.69) is 19.1 Å². The standard InChI is InChI=1S/C25H46O4/c1-2-3-4-9-16-25(29,20-14-15-20)17-11-13-22-21(23(27)19-24(22)28)12-8-6-5-7-10-18-26/h11,13,20-24,26-29H,2-10,12,14-19H2,1H3/t21-,22-,23+,24-,25?/m1/s1. The molecule has 170 valence electrons. The molecule has 4 N–H and O–H groups in total. The van der Waals surface area contributed by atoms with Gasteiger partial charge in [0.25, 0.3) is 0 Å². The number of hydrogen-bond donors (Lipinski definition) is 4. The number of rotatable bonds is 16. The molecule has 4 nitrogen and oxygen atoms in total. The summed E-state index contributed by atoms with van der Waals surface area (Å²) in [4.78, 5) is 0. The minimum atomic E-state index is -0.575. The van der Waals surface area contributed by atoms with Gasteiger partial charge in [-0.15, -0.1) is 0 Å². The van der Waals surface area contributed by atoms with E-state index < -0.39 is 17.8 Å². The molecule has 0 aromatic heterocycles. The molecular weight excluding hydrogens is 364 g/mol. The first-order chi connectivity index (χ1) is 14.0. The third-order valence-corrected chi connectivity index (χ3v) is 7.24. The SMILES string of the molecule is CCCCCCC(O)(CC=C[C@@H]1[C@@H](CCCCCCCO)[C@@H](O)C[C@H]1O)C1CC1. The van der Waals surface area contributed by atoms with Gasteiger partial charge in [-0.25, -0.2) is 0 Å². The van der Waals surface area contributed by atoms with Crippen molar-refractivity contribution in [3.05, 3.63) is 12.2 Å². The van der Waals surface area contributed by atoms with Crippen LogP contribution in [-0.4, -0.2) is 44.8 Å². The zero-order chi connectivity index (χ0) is 21.1. The van der Waals surface area contributed by atoms with Gasteiger partial charge in [-0.1, -0.05) is 70.4 Å². The Bertz CT molecular complexity index is 462. The Hall–Kier alpha value is -0.420. The van der Waals surface area contributed by atoms with Crippen molar-refractivity contribution in [1.29, 1.82) is 0 Å². The molecule has 0 aromatic rings. The lowest BCUT2D eigenvalue weighted by Crippen LogP contribution is -2.30. The first-order valence-electron chi connectivity index (χ1n) is 12.4. The molecule has 1 unspecified atom stereocenters. The lowest BCUT2D eigenvalue weighted by Gasteiger charge is -2.28. The topological polar surface area (TPSA) is 80.9 Å². The van der Waals surface area contributed by atoms with Crippen molar-refractivity contribution in [2.45, 2.75) is 121 Å². The van der Waals surface area contributed by atoms with Crippen LogP contribution in [0.4, 0.5) is 0 Å². The van der Waals surface area contributed by atoms with Gasteiger partial charge in [-0.2, -0.15) is 0 Å². The van der Waals surface area contributed by atoms with E-state index in [1.54, 1.807) is 0 Å². The van der Waals surface area contributed by atoms with Crippen LogP contribution in [0, 0.1) is 17.8 Å². The molecule has 5 atom stereocenters. The van der Waals surface area contributed by atoms with Gasteiger partial charge in [-0.05, 0) is 50.4 Å². The van der Waals surface area contributed by atoms with Gasteiger partial charge in [0.2, 0.25) is 0 Å². The van der Waals surface area contributed by atoms with E-state index in [1.807, 2.05) is 0 Å². The molecular formula is C25H46O4. The van der Waals surface area contributed by atoms with Gasteiger partial charge in [0.15, 0.2) is 0 Å². The van der Waals surface area contributed by atoms with E-state index in [4.69, 9.17) is 5.11 Å². The molecule has 2 aliphatic rings. The highest BCUT2D eigenvalue weighted by molar-refractivity contribution is 5.06. The molecule has 0 spiro atoms. The molecule has 0 radical (unpaired) electrons. The Kier molecular flexibility index (Phi) is 11.2.